The fourth-order valence-corrected chi connectivity index (χ4v) is 5.08. The number of ether oxygens (including phenoxy) is 2. The number of thioether (sulfide) groups is 1. The molecular weight excluding hydrogens is 436 g/mol. The lowest BCUT2D eigenvalue weighted by atomic mass is 9.89. The van der Waals surface area contributed by atoms with Crippen molar-refractivity contribution < 1.29 is 22.7 Å². The highest BCUT2D eigenvalue weighted by molar-refractivity contribution is 7.98. The number of likely N-dealkylation sites (N-methyl/N-ethyl adjacent to an activating group) is 1. The van der Waals surface area contributed by atoms with Gasteiger partial charge in [-0.25, -0.2) is 8.42 Å². The molecular formula is C22H28N2O5S2. The van der Waals surface area contributed by atoms with E-state index in [-0.39, 0.29) is 23.4 Å². The molecule has 3 rings (SSSR count). The maximum Gasteiger partial charge on any atom is 0.243 e. The van der Waals surface area contributed by atoms with E-state index in [0.717, 1.165) is 14.8 Å². The van der Waals surface area contributed by atoms with Gasteiger partial charge >= 0.3 is 0 Å². The summed E-state index contributed by atoms with van der Waals surface area (Å²) in [5, 5.41) is 2.97. The van der Waals surface area contributed by atoms with Crippen molar-refractivity contribution in [3.05, 3.63) is 48.0 Å². The number of benzene rings is 2. The van der Waals surface area contributed by atoms with E-state index in [1.165, 1.54) is 18.8 Å². The number of hydrogen-bond acceptors (Lipinski definition) is 6. The summed E-state index contributed by atoms with van der Waals surface area (Å²) in [6.07, 6.45) is 2.47. The molecule has 168 valence electrons. The standard InChI is InChI=1S/C22H28N2O5S2/c1-22(2)13-19(18-12-15(28-4)6-11-20(18)29-22)23-21(25)14-24(3)31(26,27)17-9-7-16(30-5)8-10-17/h6-12,19H,13-14H2,1-5H3,(H,23,25)/t19-/m0/s1. The van der Waals surface area contributed by atoms with Crippen molar-refractivity contribution in [3.63, 3.8) is 0 Å². The number of sulfonamides is 1. The molecule has 0 fully saturated rings. The second kappa shape index (κ2) is 9.10. The highest BCUT2D eigenvalue weighted by Gasteiger charge is 2.35. The van der Waals surface area contributed by atoms with Crippen molar-refractivity contribution in [2.24, 2.45) is 0 Å². The minimum Gasteiger partial charge on any atom is -0.497 e. The van der Waals surface area contributed by atoms with Crippen LogP contribution in [0.5, 0.6) is 11.5 Å². The van der Waals surface area contributed by atoms with Gasteiger partial charge in [-0.2, -0.15) is 4.31 Å². The fourth-order valence-electron chi connectivity index (χ4n) is 3.54. The van der Waals surface area contributed by atoms with E-state index in [2.05, 4.69) is 5.32 Å². The van der Waals surface area contributed by atoms with Crippen molar-refractivity contribution in [1.29, 1.82) is 0 Å². The van der Waals surface area contributed by atoms with Gasteiger partial charge in [-0.1, -0.05) is 0 Å². The second-order valence-corrected chi connectivity index (χ2v) is 11.0. The van der Waals surface area contributed by atoms with Crippen LogP contribution in [0, 0.1) is 0 Å². The summed E-state index contributed by atoms with van der Waals surface area (Å²) < 4.78 is 38.1. The van der Waals surface area contributed by atoms with Crippen molar-refractivity contribution >= 4 is 27.7 Å². The van der Waals surface area contributed by atoms with Crippen LogP contribution < -0.4 is 14.8 Å². The van der Waals surface area contributed by atoms with E-state index in [9.17, 15) is 13.2 Å². The Kier molecular flexibility index (Phi) is 6.88. The van der Waals surface area contributed by atoms with E-state index >= 15 is 0 Å². The maximum absolute atomic E-state index is 12.8. The first kappa shape index (κ1) is 23.4. The van der Waals surface area contributed by atoms with E-state index in [1.807, 2.05) is 38.3 Å². The maximum atomic E-state index is 12.8. The Bertz CT molecular complexity index is 1050. The summed E-state index contributed by atoms with van der Waals surface area (Å²) in [5.41, 5.74) is 0.335. The van der Waals surface area contributed by atoms with Gasteiger partial charge in [0.05, 0.1) is 24.6 Å². The molecule has 0 radical (unpaired) electrons. The first-order chi connectivity index (χ1) is 14.6. The predicted octanol–water partition coefficient (Wildman–Crippen LogP) is 3.46. The Morgan fingerprint density at radius 2 is 1.94 bits per heavy atom. The van der Waals surface area contributed by atoms with Crippen LogP contribution in [0.25, 0.3) is 0 Å². The Hall–Kier alpha value is -2.23. The smallest absolute Gasteiger partial charge is 0.243 e. The van der Waals surface area contributed by atoms with Crippen LogP contribution in [0.4, 0.5) is 0 Å². The molecule has 1 atom stereocenters. The molecule has 0 saturated carbocycles. The fraction of sp³-hybridized carbons (Fsp3) is 0.409. The van der Waals surface area contributed by atoms with Gasteiger partial charge in [0.1, 0.15) is 17.1 Å². The van der Waals surface area contributed by atoms with Crippen LogP contribution in [0.1, 0.15) is 31.9 Å². The Labute approximate surface area is 188 Å². The van der Waals surface area contributed by atoms with Gasteiger partial charge in [-0.05, 0) is 62.6 Å². The summed E-state index contributed by atoms with van der Waals surface area (Å²) >= 11 is 1.53. The van der Waals surface area contributed by atoms with E-state index in [1.54, 1.807) is 31.4 Å². The number of nitrogens with one attached hydrogen (secondary N) is 1. The van der Waals surface area contributed by atoms with Crippen LogP contribution in [-0.4, -0.2) is 51.2 Å². The second-order valence-electron chi connectivity index (χ2n) is 8.03. The predicted molar refractivity (Wildman–Crippen MR) is 121 cm³/mol. The summed E-state index contributed by atoms with van der Waals surface area (Å²) in [4.78, 5) is 13.9. The summed E-state index contributed by atoms with van der Waals surface area (Å²) in [6.45, 7) is 3.62. The van der Waals surface area contributed by atoms with Crippen molar-refractivity contribution in [1.82, 2.24) is 9.62 Å². The summed E-state index contributed by atoms with van der Waals surface area (Å²) in [6, 6.07) is 11.8. The molecule has 7 nitrogen and oxygen atoms in total. The van der Waals surface area contributed by atoms with Gasteiger partial charge < -0.3 is 14.8 Å². The number of methoxy groups -OCH3 is 1. The van der Waals surface area contributed by atoms with Crippen LogP contribution >= 0.6 is 11.8 Å². The third-order valence-corrected chi connectivity index (χ3v) is 7.70. The molecule has 2 aromatic carbocycles. The number of rotatable bonds is 7. The van der Waals surface area contributed by atoms with Gasteiger partial charge in [0, 0.05) is 23.9 Å². The van der Waals surface area contributed by atoms with Crippen molar-refractivity contribution in [2.45, 2.75) is 41.7 Å². The molecule has 1 amide bonds. The lowest BCUT2D eigenvalue weighted by molar-refractivity contribution is -0.122. The Morgan fingerprint density at radius 3 is 2.55 bits per heavy atom. The van der Waals surface area contributed by atoms with Crippen LogP contribution in [0.2, 0.25) is 0 Å². The molecule has 0 aromatic heterocycles. The van der Waals surface area contributed by atoms with E-state index in [4.69, 9.17) is 9.47 Å². The monoisotopic (exact) mass is 464 g/mol. The first-order valence-electron chi connectivity index (χ1n) is 9.82. The highest BCUT2D eigenvalue weighted by Crippen LogP contribution is 2.41. The Balaban J connectivity index is 1.75. The number of nitrogens with zero attached hydrogens (tertiary/aromatic N) is 1. The molecule has 0 unspecified atom stereocenters. The lowest BCUT2D eigenvalue weighted by Gasteiger charge is -2.38. The van der Waals surface area contributed by atoms with Gasteiger partial charge in [0.25, 0.3) is 0 Å². The van der Waals surface area contributed by atoms with Crippen LogP contribution in [0.15, 0.2) is 52.3 Å². The highest BCUT2D eigenvalue weighted by atomic mass is 32.2. The largest absolute Gasteiger partial charge is 0.497 e. The zero-order valence-corrected chi connectivity index (χ0v) is 20.0. The average molecular weight is 465 g/mol. The molecule has 1 aliphatic heterocycles. The number of hydrogen-bond donors (Lipinski definition) is 1. The topological polar surface area (TPSA) is 84.9 Å². The molecule has 31 heavy (non-hydrogen) atoms. The zero-order chi connectivity index (χ0) is 22.8. The molecule has 1 N–H and O–H groups in total. The molecule has 0 aliphatic carbocycles. The molecule has 0 bridgehead atoms. The molecule has 1 aliphatic rings. The Morgan fingerprint density at radius 1 is 1.26 bits per heavy atom. The van der Waals surface area contributed by atoms with Crippen molar-refractivity contribution in [2.75, 3.05) is 27.0 Å². The molecule has 0 saturated heterocycles. The third kappa shape index (κ3) is 5.34. The van der Waals surface area contributed by atoms with Crippen molar-refractivity contribution in [3.8, 4) is 11.5 Å². The minimum atomic E-state index is -3.78. The summed E-state index contributed by atoms with van der Waals surface area (Å²) in [7, 11) is -0.792. The number of carbonyl (C=O) groups is 1. The number of amides is 1. The molecule has 0 spiro atoms. The quantitative estimate of drug-likeness (QED) is 0.632. The summed E-state index contributed by atoms with van der Waals surface area (Å²) in [5.74, 6) is 0.954. The zero-order valence-electron chi connectivity index (χ0n) is 18.3. The SMILES string of the molecule is COc1ccc2c(c1)[C@@H](NC(=O)CN(C)S(=O)(=O)c1ccc(SC)cc1)CC(C)(C)O2. The molecule has 1 heterocycles. The van der Waals surface area contributed by atoms with E-state index in [0.29, 0.717) is 17.9 Å². The third-order valence-electron chi connectivity index (χ3n) is 5.14. The van der Waals surface area contributed by atoms with Gasteiger partial charge in [-0.3, -0.25) is 4.79 Å². The van der Waals surface area contributed by atoms with Crippen LogP contribution in [0.3, 0.4) is 0 Å². The van der Waals surface area contributed by atoms with Gasteiger partial charge in [0.2, 0.25) is 15.9 Å². The van der Waals surface area contributed by atoms with Gasteiger partial charge in [-0.15, -0.1) is 11.8 Å². The van der Waals surface area contributed by atoms with Crippen LogP contribution in [-0.2, 0) is 14.8 Å². The number of carbonyl (C=O) groups excluding carboxylic acids is 1. The molecule has 2 aromatic rings. The number of fused-ring (bicyclic) bond motifs is 1. The molecule has 9 heteroatoms. The minimum absolute atomic E-state index is 0.155. The normalized spacial score (nSPS) is 17.5. The van der Waals surface area contributed by atoms with Gasteiger partial charge in [0.15, 0.2) is 0 Å². The van der Waals surface area contributed by atoms with E-state index < -0.39 is 15.6 Å². The first-order valence-corrected chi connectivity index (χ1v) is 12.5. The average Bonchev–Trinajstić information content (AvgIpc) is 2.72. The lowest BCUT2D eigenvalue weighted by Crippen LogP contribution is -2.44.